The van der Waals surface area contributed by atoms with E-state index in [0.717, 1.165) is 30.8 Å². The molecule has 0 radical (unpaired) electrons. The quantitative estimate of drug-likeness (QED) is 0.830. The van der Waals surface area contributed by atoms with Crippen molar-refractivity contribution in [1.29, 1.82) is 0 Å². The smallest absolute Gasteiger partial charge is 0.255 e. The van der Waals surface area contributed by atoms with E-state index in [-0.39, 0.29) is 5.91 Å². The molecular weight excluding hydrogens is 327 g/mol. The number of halogens is 2. The molecule has 2 saturated heterocycles. The highest BCUT2D eigenvalue weighted by atomic mass is 35.5. The maximum absolute atomic E-state index is 12.8. The fourth-order valence-electron chi connectivity index (χ4n) is 3.15. The average molecular weight is 345 g/mol. The molecule has 1 aromatic rings. The number of hydrogen-bond donors (Lipinski definition) is 1. The van der Waals surface area contributed by atoms with E-state index in [9.17, 15) is 4.79 Å². The lowest BCUT2D eigenvalue weighted by molar-refractivity contribution is 0.0748. The molecule has 0 saturated carbocycles. The van der Waals surface area contributed by atoms with Gasteiger partial charge in [0.05, 0.1) is 15.6 Å². The van der Waals surface area contributed by atoms with Crippen molar-refractivity contribution in [2.75, 3.05) is 19.3 Å². The summed E-state index contributed by atoms with van der Waals surface area (Å²) in [6.45, 7) is 1.56. The summed E-state index contributed by atoms with van der Waals surface area (Å²) in [6, 6.07) is 4.47. The summed E-state index contributed by atoms with van der Waals surface area (Å²) in [4.78, 5) is 15.6. The number of nitrogens with zero attached hydrogens (tertiary/aromatic N) is 1. The average Bonchev–Trinajstić information content (AvgIpc) is 2.78. The highest BCUT2D eigenvalue weighted by Crippen LogP contribution is 2.32. The Morgan fingerprint density at radius 1 is 1.24 bits per heavy atom. The standard InChI is InChI=1S/C15H18Cl2N2OS/c1-21-14-6-11(12(16)7-13(14)17)15(20)19-5-4-9-2-3-10(8-19)18-9/h6-7,9-10,18H,2-5,8H2,1H3. The summed E-state index contributed by atoms with van der Waals surface area (Å²) in [7, 11) is 0. The fraction of sp³-hybridized carbons (Fsp3) is 0.533. The maximum Gasteiger partial charge on any atom is 0.255 e. The van der Waals surface area contributed by atoms with Crippen molar-refractivity contribution in [2.45, 2.75) is 36.2 Å². The van der Waals surface area contributed by atoms with E-state index in [4.69, 9.17) is 23.2 Å². The van der Waals surface area contributed by atoms with E-state index in [1.165, 1.54) is 18.2 Å². The SMILES string of the molecule is CSc1cc(C(=O)N2CCC3CCC(C2)N3)c(Cl)cc1Cl. The van der Waals surface area contributed by atoms with Gasteiger partial charge in [0.15, 0.2) is 0 Å². The van der Waals surface area contributed by atoms with Crippen LogP contribution < -0.4 is 5.32 Å². The van der Waals surface area contributed by atoms with Crippen LogP contribution in [0.3, 0.4) is 0 Å². The Labute approximate surface area is 139 Å². The zero-order chi connectivity index (χ0) is 15.0. The predicted octanol–water partition coefficient (Wildman–Crippen LogP) is 3.68. The number of hydrogen-bond acceptors (Lipinski definition) is 3. The third kappa shape index (κ3) is 3.19. The molecule has 1 aromatic carbocycles. The minimum atomic E-state index is 0.0151. The molecule has 114 valence electrons. The maximum atomic E-state index is 12.8. The molecule has 3 nitrogen and oxygen atoms in total. The molecule has 0 aromatic heterocycles. The molecule has 1 N–H and O–H groups in total. The van der Waals surface area contributed by atoms with Gasteiger partial charge < -0.3 is 10.2 Å². The van der Waals surface area contributed by atoms with Crippen LogP contribution in [0.5, 0.6) is 0 Å². The van der Waals surface area contributed by atoms with Gasteiger partial charge in [-0.25, -0.2) is 0 Å². The highest BCUT2D eigenvalue weighted by Gasteiger charge is 2.32. The van der Waals surface area contributed by atoms with Crippen LogP contribution in [0.2, 0.25) is 10.0 Å². The molecule has 2 aliphatic rings. The third-order valence-corrected chi connectivity index (χ3v) is 5.80. The van der Waals surface area contributed by atoms with E-state index >= 15 is 0 Å². The summed E-state index contributed by atoms with van der Waals surface area (Å²) in [5.41, 5.74) is 0.559. The molecule has 2 heterocycles. The molecule has 1 amide bonds. The van der Waals surface area contributed by atoms with E-state index < -0.39 is 0 Å². The summed E-state index contributed by atoms with van der Waals surface area (Å²) in [5, 5.41) is 4.62. The van der Waals surface area contributed by atoms with E-state index in [1.54, 1.807) is 6.07 Å². The highest BCUT2D eigenvalue weighted by molar-refractivity contribution is 7.98. The van der Waals surface area contributed by atoms with Crippen molar-refractivity contribution in [2.24, 2.45) is 0 Å². The normalized spacial score (nSPS) is 25.0. The second kappa shape index (κ2) is 6.37. The molecule has 21 heavy (non-hydrogen) atoms. The first kappa shape index (κ1) is 15.5. The first-order valence-corrected chi connectivity index (χ1v) is 9.15. The summed E-state index contributed by atoms with van der Waals surface area (Å²) >= 11 is 13.9. The number of carbonyl (C=O) groups is 1. The third-order valence-electron chi connectivity index (χ3n) is 4.28. The van der Waals surface area contributed by atoms with Crippen LogP contribution in [0.1, 0.15) is 29.6 Å². The number of benzene rings is 1. The Hall–Kier alpha value is -0.420. The van der Waals surface area contributed by atoms with Crippen molar-refractivity contribution in [1.82, 2.24) is 10.2 Å². The predicted molar refractivity (Wildman–Crippen MR) is 88.7 cm³/mol. The van der Waals surface area contributed by atoms with Crippen LogP contribution in [0.25, 0.3) is 0 Å². The van der Waals surface area contributed by atoms with Gasteiger partial charge in [-0.15, -0.1) is 11.8 Å². The Balaban J connectivity index is 1.84. The minimum Gasteiger partial charge on any atom is -0.337 e. The van der Waals surface area contributed by atoms with Crippen LogP contribution in [-0.4, -0.2) is 42.2 Å². The molecule has 3 rings (SSSR count). The summed E-state index contributed by atoms with van der Waals surface area (Å²) < 4.78 is 0. The lowest BCUT2D eigenvalue weighted by Gasteiger charge is -2.25. The van der Waals surface area contributed by atoms with Crippen LogP contribution in [-0.2, 0) is 0 Å². The topological polar surface area (TPSA) is 32.3 Å². The van der Waals surface area contributed by atoms with Gasteiger partial charge in [-0.3, -0.25) is 4.79 Å². The van der Waals surface area contributed by atoms with Gasteiger partial charge in [0, 0.05) is 30.1 Å². The van der Waals surface area contributed by atoms with E-state index in [0.29, 0.717) is 27.7 Å². The molecule has 2 fully saturated rings. The first-order valence-electron chi connectivity index (χ1n) is 7.17. The molecule has 2 bridgehead atoms. The second-order valence-electron chi connectivity index (χ2n) is 5.64. The zero-order valence-corrected chi connectivity index (χ0v) is 14.2. The number of rotatable bonds is 2. The van der Waals surface area contributed by atoms with Gasteiger partial charge in [0.25, 0.3) is 5.91 Å². The molecule has 6 heteroatoms. The lowest BCUT2D eigenvalue weighted by Crippen LogP contribution is -2.39. The van der Waals surface area contributed by atoms with Crippen LogP contribution in [0, 0.1) is 0 Å². The number of fused-ring (bicyclic) bond motifs is 2. The number of nitrogens with one attached hydrogen (secondary N) is 1. The monoisotopic (exact) mass is 344 g/mol. The number of carbonyl (C=O) groups excluding carboxylic acids is 1. The molecule has 2 atom stereocenters. The fourth-order valence-corrected chi connectivity index (χ4v) is 4.33. The van der Waals surface area contributed by atoms with E-state index in [1.807, 2.05) is 17.2 Å². The molecule has 2 aliphatic heterocycles. The van der Waals surface area contributed by atoms with Gasteiger partial charge in [0.1, 0.15) is 0 Å². The van der Waals surface area contributed by atoms with Gasteiger partial charge in [0.2, 0.25) is 0 Å². The van der Waals surface area contributed by atoms with Gasteiger partial charge in [-0.05, 0) is 37.7 Å². The Morgan fingerprint density at radius 2 is 2.00 bits per heavy atom. The zero-order valence-electron chi connectivity index (χ0n) is 11.9. The number of amides is 1. The molecule has 0 spiro atoms. The Morgan fingerprint density at radius 3 is 2.76 bits per heavy atom. The van der Waals surface area contributed by atoms with Crippen molar-refractivity contribution < 1.29 is 4.79 Å². The van der Waals surface area contributed by atoms with Gasteiger partial charge in [-0.2, -0.15) is 0 Å². The van der Waals surface area contributed by atoms with Crippen molar-refractivity contribution in [3.05, 3.63) is 27.7 Å². The van der Waals surface area contributed by atoms with Crippen LogP contribution in [0.4, 0.5) is 0 Å². The number of thioether (sulfide) groups is 1. The summed E-state index contributed by atoms with van der Waals surface area (Å²) in [6.07, 6.45) is 5.34. The Kier molecular flexibility index (Phi) is 4.69. The largest absolute Gasteiger partial charge is 0.337 e. The van der Waals surface area contributed by atoms with Gasteiger partial charge in [-0.1, -0.05) is 23.2 Å². The van der Waals surface area contributed by atoms with Crippen LogP contribution >= 0.6 is 35.0 Å². The first-order chi connectivity index (χ1) is 10.1. The second-order valence-corrected chi connectivity index (χ2v) is 7.31. The van der Waals surface area contributed by atoms with Crippen molar-refractivity contribution >= 4 is 40.9 Å². The minimum absolute atomic E-state index is 0.0151. The van der Waals surface area contributed by atoms with Gasteiger partial charge >= 0.3 is 0 Å². The molecule has 0 aliphatic carbocycles. The van der Waals surface area contributed by atoms with Crippen LogP contribution in [0.15, 0.2) is 17.0 Å². The van der Waals surface area contributed by atoms with Crippen molar-refractivity contribution in [3.8, 4) is 0 Å². The lowest BCUT2D eigenvalue weighted by atomic mass is 10.1. The summed E-state index contributed by atoms with van der Waals surface area (Å²) in [5.74, 6) is 0.0151. The van der Waals surface area contributed by atoms with Crippen molar-refractivity contribution in [3.63, 3.8) is 0 Å². The molecular formula is C15H18Cl2N2OS. The molecule has 2 unspecified atom stereocenters. The number of likely N-dealkylation sites (tertiary alicyclic amines) is 1. The Bertz CT molecular complexity index is 567. The van der Waals surface area contributed by atoms with E-state index in [2.05, 4.69) is 5.32 Å².